The predicted octanol–water partition coefficient (Wildman–Crippen LogP) is 14.7. The van der Waals surface area contributed by atoms with E-state index in [1.807, 2.05) is 0 Å². The lowest BCUT2D eigenvalue weighted by Crippen LogP contribution is -2.30. The van der Waals surface area contributed by atoms with Gasteiger partial charge in [0.25, 0.3) is 0 Å². The predicted molar refractivity (Wildman–Crippen MR) is 248 cm³/mol. The maximum absolute atomic E-state index is 2.57. The highest BCUT2D eigenvalue weighted by Gasteiger charge is 2.96. The fourth-order valence-electron chi connectivity index (χ4n) is 13.0. The summed E-state index contributed by atoms with van der Waals surface area (Å²) in [6.45, 7) is 0. The first kappa shape index (κ1) is 32.5. The van der Waals surface area contributed by atoms with E-state index < -0.39 is 5.41 Å². The van der Waals surface area contributed by atoms with Gasteiger partial charge in [-0.15, -0.1) is 0 Å². The summed E-state index contributed by atoms with van der Waals surface area (Å²) in [6.07, 6.45) is 0. The van der Waals surface area contributed by atoms with Crippen molar-refractivity contribution in [2.24, 2.45) is 0 Å². The number of nitrogens with zero attached hydrogens (tertiary/aromatic N) is 1. The van der Waals surface area contributed by atoms with Crippen molar-refractivity contribution in [2.75, 3.05) is 4.90 Å². The smallest absolute Gasteiger partial charge is 0.0535 e. The summed E-state index contributed by atoms with van der Waals surface area (Å²) in [5.41, 5.74) is 18.6. The van der Waals surface area contributed by atoms with Crippen molar-refractivity contribution in [1.82, 2.24) is 0 Å². The molecule has 60 heavy (non-hydrogen) atoms. The van der Waals surface area contributed by atoms with Crippen LogP contribution in [0.4, 0.5) is 17.1 Å². The van der Waals surface area contributed by atoms with Gasteiger partial charge in [0.15, 0.2) is 0 Å². The molecule has 0 radical (unpaired) electrons. The van der Waals surface area contributed by atoms with Crippen LogP contribution in [0, 0.1) is 0 Å². The van der Waals surface area contributed by atoms with Crippen molar-refractivity contribution >= 4 is 38.6 Å². The zero-order chi connectivity index (χ0) is 39.2. The number of rotatable bonds is 5. The third kappa shape index (κ3) is 3.56. The van der Waals surface area contributed by atoms with Gasteiger partial charge in [0.05, 0.1) is 21.9 Å². The Kier molecular flexibility index (Phi) is 6.16. The second-order valence-electron chi connectivity index (χ2n) is 17.1. The van der Waals surface area contributed by atoms with Gasteiger partial charge in [0.2, 0.25) is 0 Å². The van der Waals surface area contributed by atoms with E-state index >= 15 is 0 Å². The molecule has 0 aliphatic heterocycles. The number of hydrogen-bond donors (Lipinski definition) is 0. The topological polar surface area (TPSA) is 3.24 Å². The molecule has 278 valence electrons. The molecule has 14 rings (SSSR count). The van der Waals surface area contributed by atoms with Crippen LogP contribution in [0.15, 0.2) is 224 Å². The summed E-state index contributed by atoms with van der Waals surface area (Å²) in [5, 5.41) is 5.44. The largest absolute Gasteiger partial charge is 0.310 e. The molecule has 0 aromatic heterocycles. The first-order chi connectivity index (χ1) is 29.8. The summed E-state index contributed by atoms with van der Waals surface area (Å²) >= 11 is 0. The van der Waals surface area contributed by atoms with Crippen LogP contribution in [0.2, 0.25) is 0 Å². The maximum atomic E-state index is 2.57. The third-order valence-electron chi connectivity index (χ3n) is 14.8. The van der Waals surface area contributed by atoms with E-state index in [0.717, 1.165) is 11.4 Å². The minimum Gasteiger partial charge on any atom is -0.310 e. The van der Waals surface area contributed by atoms with Crippen LogP contribution in [0.3, 0.4) is 0 Å². The van der Waals surface area contributed by atoms with Crippen LogP contribution in [-0.4, -0.2) is 0 Å². The zero-order valence-corrected chi connectivity index (χ0v) is 32.8. The standard InChI is InChI=1S/C59H37N/c1-3-15-38(16-4-1)40-31-34-44(35-32-40)60(45-23-11-22-43(37-45)39-17-5-2-6-18-39)53-36-33-42-21-14-30-52-55(42)56(53)59-51-29-13-20-41-19-12-28-50(54(41)51)57(59)48-26-9-7-24-46(48)47-25-8-10-27-49(47)58(52,57)59/h1-37H. The highest BCUT2D eigenvalue weighted by Crippen LogP contribution is 2.95. The first-order valence-corrected chi connectivity index (χ1v) is 21.2. The average molecular weight is 760 g/mol. The Hall–Kier alpha value is -7.48. The van der Waals surface area contributed by atoms with Crippen LogP contribution in [0.1, 0.15) is 33.4 Å². The van der Waals surface area contributed by atoms with Crippen molar-refractivity contribution in [1.29, 1.82) is 0 Å². The minimum absolute atomic E-state index is 0.347. The Balaban J connectivity index is 1.13. The summed E-state index contributed by atoms with van der Waals surface area (Å²) in [7, 11) is 0. The van der Waals surface area contributed by atoms with Gasteiger partial charge in [-0.05, 0) is 119 Å². The Morgan fingerprint density at radius 2 is 0.750 bits per heavy atom. The summed E-state index contributed by atoms with van der Waals surface area (Å²) in [5.74, 6) is 0. The monoisotopic (exact) mass is 759 g/mol. The molecule has 3 unspecified atom stereocenters. The van der Waals surface area contributed by atoms with E-state index in [4.69, 9.17) is 0 Å². The fraction of sp³-hybridized carbons (Fsp3) is 0.0508. The average Bonchev–Trinajstić information content (AvgIpc) is 3.66. The summed E-state index contributed by atoms with van der Waals surface area (Å²) < 4.78 is 0. The Labute approximate surface area is 349 Å². The van der Waals surface area contributed by atoms with Crippen LogP contribution < -0.4 is 4.90 Å². The molecular formula is C59H37N. The molecule has 4 aliphatic carbocycles. The lowest BCUT2D eigenvalue weighted by atomic mass is 9.65. The van der Waals surface area contributed by atoms with E-state index in [-0.39, 0.29) is 10.8 Å². The Morgan fingerprint density at radius 1 is 0.283 bits per heavy atom. The van der Waals surface area contributed by atoms with Gasteiger partial charge >= 0.3 is 0 Å². The van der Waals surface area contributed by atoms with E-state index in [2.05, 4.69) is 229 Å². The number of benzene rings is 10. The molecule has 1 heteroatoms. The summed E-state index contributed by atoms with van der Waals surface area (Å²) in [4.78, 5) is 2.57. The van der Waals surface area contributed by atoms with E-state index in [1.165, 1.54) is 94.0 Å². The molecule has 0 heterocycles. The molecule has 10 aromatic rings. The molecular weight excluding hydrogens is 723 g/mol. The molecule has 3 spiro atoms. The third-order valence-corrected chi connectivity index (χ3v) is 14.8. The van der Waals surface area contributed by atoms with Crippen LogP contribution in [0.5, 0.6) is 0 Å². The van der Waals surface area contributed by atoms with Gasteiger partial charge in [-0.1, -0.05) is 194 Å². The highest BCUT2D eigenvalue weighted by molar-refractivity contribution is 6.15. The second-order valence-corrected chi connectivity index (χ2v) is 17.1. The van der Waals surface area contributed by atoms with Crippen LogP contribution in [0.25, 0.3) is 54.9 Å². The molecule has 1 fully saturated rings. The second kappa shape index (κ2) is 11.4. The zero-order valence-electron chi connectivity index (χ0n) is 32.8. The Morgan fingerprint density at radius 3 is 1.38 bits per heavy atom. The molecule has 0 amide bonds. The SMILES string of the molecule is c1ccc(-c2ccc(N(c3cccc(-c4ccccc4)c3)c3ccc4cccc5c4c3C34c6cccc7cccc(c67)C36c3ccccc3-c3ccccc3C564)cc2)cc1. The fourth-order valence-corrected chi connectivity index (χ4v) is 13.0. The molecule has 0 saturated heterocycles. The first-order valence-electron chi connectivity index (χ1n) is 21.2. The molecule has 3 atom stereocenters. The van der Waals surface area contributed by atoms with Gasteiger partial charge < -0.3 is 4.90 Å². The molecule has 0 N–H and O–H groups in total. The van der Waals surface area contributed by atoms with Crippen molar-refractivity contribution in [3.05, 3.63) is 258 Å². The number of hydrogen-bond acceptors (Lipinski definition) is 1. The number of fused-ring (bicyclic) bond motifs is 3. The molecule has 10 aromatic carbocycles. The van der Waals surface area contributed by atoms with Gasteiger partial charge in [-0.25, -0.2) is 0 Å². The van der Waals surface area contributed by atoms with E-state index in [0.29, 0.717) is 0 Å². The van der Waals surface area contributed by atoms with Crippen LogP contribution >= 0.6 is 0 Å². The van der Waals surface area contributed by atoms with Gasteiger partial charge in [-0.2, -0.15) is 0 Å². The van der Waals surface area contributed by atoms with Crippen LogP contribution in [-0.2, 0) is 16.2 Å². The van der Waals surface area contributed by atoms with E-state index in [1.54, 1.807) is 0 Å². The summed E-state index contributed by atoms with van der Waals surface area (Å²) in [6, 6.07) is 84.8. The van der Waals surface area contributed by atoms with Gasteiger partial charge in [0, 0.05) is 11.4 Å². The van der Waals surface area contributed by atoms with Crippen molar-refractivity contribution in [3.63, 3.8) is 0 Å². The van der Waals surface area contributed by atoms with Crippen molar-refractivity contribution < 1.29 is 0 Å². The maximum Gasteiger partial charge on any atom is 0.0535 e. The number of anilines is 3. The lowest BCUT2D eigenvalue weighted by Gasteiger charge is -2.36. The molecule has 0 bridgehead atoms. The molecule has 4 aliphatic rings. The molecule has 1 saturated carbocycles. The lowest BCUT2D eigenvalue weighted by molar-refractivity contribution is 0.690. The van der Waals surface area contributed by atoms with Gasteiger partial charge in [0.1, 0.15) is 0 Å². The quantitative estimate of drug-likeness (QED) is 0.169. The van der Waals surface area contributed by atoms with Gasteiger partial charge in [-0.3, -0.25) is 0 Å². The van der Waals surface area contributed by atoms with Crippen molar-refractivity contribution in [3.8, 4) is 33.4 Å². The van der Waals surface area contributed by atoms with E-state index in [9.17, 15) is 0 Å². The highest BCUT2D eigenvalue weighted by atomic mass is 15.2. The molecule has 1 nitrogen and oxygen atoms in total. The Bertz CT molecular complexity index is 3380. The van der Waals surface area contributed by atoms with Crippen molar-refractivity contribution in [2.45, 2.75) is 16.2 Å². The normalized spacial score (nSPS) is 20.5. The minimum atomic E-state index is -0.413.